The third-order valence-electron chi connectivity index (χ3n) is 3.33. The van der Waals surface area contributed by atoms with Crippen molar-refractivity contribution in [3.8, 4) is 0 Å². The largest absolute Gasteiger partial charge is 0.393 e. The van der Waals surface area contributed by atoms with Gasteiger partial charge in [-0.15, -0.1) is 0 Å². The van der Waals surface area contributed by atoms with E-state index in [0.29, 0.717) is 0 Å². The Labute approximate surface area is 104 Å². The monoisotopic (exact) mass is 233 g/mol. The Balaban J connectivity index is 1.64. The van der Waals surface area contributed by atoms with E-state index in [1.165, 1.54) is 24.0 Å². The first kappa shape index (κ1) is 12.6. The first-order valence-electron chi connectivity index (χ1n) is 6.73. The van der Waals surface area contributed by atoms with Gasteiger partial charge in [0.1, 0.15) is 0 Å². The molecule has 0 aliphatic heterocycles. The number of hydrogen-bond acceptors (Lipinski definition) is 2. The molecule has 1 fully saturated rings. The SMILES string of the molecule is CC(O)CCCNCc1ccc(C2CC2)cc1. The number of aliphatic hydroxyl groups excluding tert-OH is 1. The van der Waals surface area contributed by atoms with Gasteiger partial charge in [-0.2, -0.15) is 0 Å². The average molecular weight is 233 g/mol. The molecule has 1 saturated carbocycles. The van der Waals surface area contributed by atoms with Gasteiger partial charge in [-0.1, -0.05) is 24.3 Å². The molecule has 0 saturated heterocycles. The van der Waals surface area contributed by atoms with Gasteiger partial charge in [-0.3, -0.25) is 0 Å². The van der Waals surface area contributed by atoms with E-state index in [9.17, 15) is 0 Å². The van der Waals surface area contributed by atoms with Crippen LogP contribution in [0.1, 0.15) is 49.7 Å². The first-order chi connectivity index (χ1) is 8.25. The summed E-state index contributed by atoms with van der Waals surface area (Å²) in [7, 11) is 0. The quantitative estimate of drug-likeness (QED) is 0.710. The van der Waals surface area contributed by atoms with Gasteiger partial charge in [0.25, 0.3) is 0 Å². The zero-order valence-corrected chi connectivity index (χ0v) is 10.7. The van der Waals surface area contributed by atoms with E-state index in [0.717, 1.165) is 31.8 Å². The van der Waals surface area contributed by atoms with Crippen LogP contribution >= 0.6 is 0 Å². The summed E-state index contributed by atoms with van der Waals surface area (Å²) in [5.74, 6) is 0.850. The number of aliphatic hydroxyl groups is 1. The van der Waals surface area contributed by atoms with E-state index in [-0.39, 0.29) is 6.10 Å². The molecule has 0 bridgehead atoms. The standard InChI is InChI=1S/C15H23NO/c1-12(17)3-2-10-16-11-13-4-6-14(7-5-13)15-8-9-15/h4-7,12,15-17H,2-3,8-11H2,1H3. The molecule has 1 aromatic rings. The second-order valence-corrected chi connectivity index (χ2v) is 5.18. The lowest BCUT2D eigenvalue weighted by atomic mass is 10.1. The fourth-order valence-electron chi connectivity index (χ4n) is 2.08. The number of benzene rings is 1. The van der Waals surface area contributed by atoms with Gasteiger partial charge in [0, 0.05) is 6.54 Å². The average Bonchev–Trinajstić information content (AvgIpc) is 3.13. The van der Waals surface area contributed by atoms with Crippen LogP contribution in [0.25, 0.3) is 0 Å². The summed E-state index contributed by atoms with van der Waals surface area (Å²) in [5.41, 5.74) is 2.86. The van der Waals surface area contributed by atoms with Gasteiger partial charge in [0.15, 0.2) is 0 Å². The molecular weight excluding hydrogens is 210 g/mol. The predicted octanol–water partition coefficient (Wildman–Crippen LogP) is 2.81. The molecule has 1 aromatic carbocycles. The molecule has 0 amide bonds. The van der Waals surface area contributed by atoms with Gasteiger partial charge >= 0.3 is 0 Å². The highest BCUT2D eigenvalue weighted by molar-refractivity contribution is 5.27. The lowest BCUT2D eigenvalue weighted by Gasteiger charge is -2.07. The van der Waals surface area contributed by atoms with E-state index in [1.807, 2.05) is 6.92 Å². The summed E-state index contributed by atoms with van der Waals surface area (Å²) in [6, 6.07) is 9.00. The Kier molecular flexibility index (Phi) is 4.57. The minimum Gasteiger partial charge on any atom is -0.393 e. The molecule has 1 unspecified atom stereocenters. The van der Waals surface area contributed by atoms with E-state index in [2.05, 4.69) is 29.6 Å². The maximum atomic E-state index is 9.13. The van der Waals surface area contributed by atoms with E-state index in [4.69, 9.17) is 5.11 Å². The first-order valence-corrected chi connectivity index (χ1v) is 6.73. The van der Waals surface area contributed by atoms with Crippen LogP contribution in [-0.2, 0) is 6.54 Å². The molecule has 0 aromatic heterocycles. The molecule has 0 heterocycles. The van der Waals surface area contributed by atoms with Crippen molar-refractivity contribution in [3.63, 3.8) is 0 Å². The van der Waals surface area contributed by atoms with Crippen molar-refractivity contribution in [2.24, 2.45) is 0 Å². The Morgan fingerprint density at radius 3 is 2.59 bits per heavy atom. The maximum absolute atomic E-state index is 9.13. The molecule has 1 aliphatic carbocycles. The molecule has 0 radical (unpaired) electrons. The van der Waals surface area contributed by atoms with Crippen molar-refractivity contribution in [3.05, 3.63) is 35.4 Å². The van der Waals surface area contributed by atoms with E-state index >= 15 is 0 Å². The minimum atomic E-state index is -0.172. The van der Waals surface area contributed by atoms with Crippen molar-refractivity contribution >= 4 is 0 Å². The number of rotatable bonds is 7. The van der Waals surface area contributed by atoms with Crippen LogP contribution in [0.15, 0.2) is 24.3 Å². The predicted molar refractivity (Wildman–Crippen MR) is 71.0 cm³/mol. The molecule has 17 heavy (non-hydrogen) atoms. The fourth-order valence-corrected chi connectivity index (χ4v) is 2.08. The summed E-state index contributed by atoms with van der Waals surface area (Å²) in [4.78, 5) is 0. The Bertz CT molecular complexity index is 327. The minimum absolute atomic E-state index is 0.172. The Hall–Kier alpha value is -0.860. The topological polar surface area (TPSA) is 32.3 Å². The molecule has 1 aliphatic rings. The number of hydrogen-bond donors (Lipinski definition) is 2. The summed E-state index contributed by atoms with van der Waals surface area (Å²) in [5, 5.41) is 12.5. The van der Waals surface area contributed by atoms with Crippen molar-refractivity contribution in [1.29, 1.82) is 0 Å². The highest BCUT2D eigenvalue weighted by atomic mass is 16.3. The molecule has 1 atom stereocenters. The van der Waals surface area contributed by atoms with Crippen LogP contribution < -0.4 is 5.32 Å². The zero-order chi connectivity index (χ0) is 12.1. The second kappa shape index (κ2) is 6.18. The van der Waals surface area contributed by atoms with Gasteiger partial charge < -0.3 is 10.4 Å². The Morgan fingerprint density at radius 1 is 1.29 bits per heavy atom. The molecule has 2 N–H and O–H groups in total. The van der Waals surface area contributed by atoms with Crippen LogP contribution in [0.5, 0.6) is 0 Å². The van der Waals surface area contributed by atoms with Crippen LogP contribution in [-0.4, -0.2) is 17.8 Å². The van der Waals surface area contributed by atoms with Crippen molar-refractivity contribution < 1.29 is 5.11 Å². The Morgan fingerprint density at radius 2 is 2.00 bits per heavy atom. The van der Waals surface area contributed by atoms with Crippen LogP contribution in [0.4, 0.5) is 0 Å². The van der Waals surface area contributed by atoms with E-state index < -0.39 is 0 Å². The third-order valence-corrected chi connectivity index (χ3v) is 3.33. The highest BCUT2D eigenvalue weighted by Gasteiger charge is 2.22. The molecule has 0 spiro atoms. The summed E-state index contributed by atoms with van der Waals surface area (Å²) < 4.78 is 0. The smallest absolute Gasteiger partial charge is 0.0512 e. The van der Waals surface area contributed by atoms with E-state index in [1.54, 1.807) is 0 Å². The third kappa shape index (κ3) is 4.49. The van der Waals surface area contributed by atoms with Crippen molar-refractivity contribution in [1.82, 2.24) is 5.32 Å². The lowest BCUT2D eigenvalue weighted by Crippen LogP contribution is -2.16. The summed E-state index contributed by atoms with van der Waals surface area (Å²) >= 11 is 0. The normalized spacial score (nSPS) is 17.1. The molecule has 2 heteroatoms. The van der Waals surface area contributed by atoms with Crippen LogP contribution in [0.2, 0.25) is 0 Å². The second-order valence-electron chi connectivity index (χ2n) is 5.18. The molecule has 94 valence electrons. The van der Waals surface area contributed by atoms with Gasteiger partial charge in [0.05, 0.1) is 6.10 Å². The molecule has 2 nitrogen and oxygen atoms in total. The van der Waals surface area contributed by atoms with Crippen LogP contribution in [0, 0.1) is 0 Å². The fraction of sp³-hybridized carbons (Fsp3) is 0.600. The zero-order valence-electron chi connectivity index (χ0n) is 10.7. The number of nitrogens with one attached hydrogen (secondary N) is 1. The molecule has 2 rings (SSSR count). The van der Waals surface area contributed by atoms with Gasteiger partial charge in [0.2, 0.25) is 0 Å². The highest BCUT2D eigenvalue weighted by Crippen LogP contribution is 2.39. The van der Waals surface area contributed by atoms with Gasteiger partial charge in [-0.05, 0) is 56.2 Å². The van der Waals surface area contributed by atoms with Crippen molar-refractivity contribution in [2.75, 3.05) is 6.54 Å². The summed E-state index contributed by atoms with van der Waals surface area (Å²) in [6.45, 7) is 3.76. The lowest BCUT2D eigenvalue weighted by molar-refractivity contribution is 0.181. The van der Waals surface area contributed by atoms with Gasteiger partial charge in [-0.25, -0.2) is 0 Å². The van der Waals surface area contributed by atoms with Crippen molar-refractivity contribution in [2.45, 2.75) is 51.2 Å². The molecular formula is C15H23NO. The van der Waals surface area contributed by atoms with Crippen LogP contribution in [0.3, 0.4) is 0 Å². The summed E-state index contributed by atoms with van der Waals surface area (Å²) in [6.07, 6.45) is 4.49. The maximum Gasteiger partial charge on any atom is 0.0512 e.